The first kappa shape index (κ1) is 9.60. The van der Waals surface area contributed by atoms with Crippen LogP contribution in [0.1, 0.15) is 9.88 Å². The number of nitrogens with two attached hydrogens (primary N) is 1. The first-order valence-electron chi connectivity index (χ1n) is 3.62. The van der Waals surface area contributed by atoms with Crippen molar-refractivity contribution in [1.29, 1.82) is 0 Å². The minimum atomic E-state index is 0.401. The second-order valence-corrected chi connectivity index (χ2v) is 3.97. The van der Waals surface area contributed by atoms with Gasteiger partial charge in [0.25, 0.3) is 0 Å². The molecule has 12 heavy (non-hydrogen) atoms. The maximum atomic E-state index is 4.93. The molecule has 0 unspecified atom stereocenters. The predicted molar refractivity (Wildman–Crippen MR) is 48.5 cm³/mol. The van der Waals surface area contributed by atoms with E-state index in [-0.39, 0.29) is 0 Å². The van der Waals surface area contributed by atoms with Crippen LogP contribution >= 0.6 is 11.3 Å². The topological polar surface area (TPSA) is 51.4 Å². The monoisotopic (exact) mass is 187 g/mol. The summed E-state index contributed by atoms with van der Waals surface area (Å²) in [5, 5.41) is 0.925. The van der Waals surface area contributed by atoms with Crippen LogP contribution in [-0.4, -0.2) is 24.0 Å². The number of hydrogen-bond donors (Lipinski definition) is 1. The van der Waals surface area contributed by atoms with Gasteiger partial charge < -0.3 is 4.90 Å². The van der Waals surface area contributed by atoms with Crippen molar-refractivity contribution in [1.82, 2.24) is 9.88 Å². The molecule has 68 valence electrons. The second-order valence-electron chi connectivity index (χ2n) is 2.77. The third kappa shape index (κ3) is 2.86. The SMILES string of the molecule is CN(C)Cc1cnc(CON)s1. The van der Waals surface area contributed by atoms with Crippen molar-refractivity contribution in [2.45, 2.75) is 13.2 Å². The maximum Gasteiger partial charge on any atom is 0.121 e. The molecule has 0 saturated heterocycles. The Bertz CT molecular complexity index is 236. The number of nitrogens with zero attached hydrogens (tertiary/aromatic N) is 2. The Morgan fingerprint density at radius 2 is 2.42 bits per heavy atom. The van der Waals surface area contributed by atoms with Crippen LogP contribution in [0.25, 0.3) is 0 Å². The summed E-state index contributed by atoms with van der Waals surface area (Å²) in [6.07, 6.45) is 1.86. The van der Waals surface area contributed by atoms with Gasteiger partial charge in [-0.05, 0) is 14.1 Å². The van der Waals surface area contributed by atoms with E-state index in [0.29, 0.717) is 6.61 Å². The Hall–Kier alpha value is -0.490. The van der Waals surface area contributed by atoms with Crippen molar-refractivity contribution in [3.8, 4) is 0 Å². The molecule has 0 atom stereocenters. The Morgan fingerprint density at radius 1 is 1.67 bits per heavy atom. The molecular formula is C7H13N3OS. The molecular weight excluding hydrogens is 174 g/mol. The van der Waals surface area contributed by atoms with Gasteiger partial charge in [-0.1, -0.05) is 0 Å². The molecule has 0 bridgehead atoms. The van der Waals surface area contributed by atoms with Crippen LogP contribution in [0, 0.1) is 0 Å². The smallest absolute Gasteiger partial charge is 0.121 e. The zero-order valence-corrected chi connectivity index (χ0v) is 8.10. The lowest BCUT2D eigenvalue weighted by Crippen LogP contribution is -2.09. The quantitative estimate of drug-likeness (QED) is 0.701. The fourth-order valence-corrected chi connectivity index (χ4v) is 1.83. The highest BCUT2D eigenvalue weighted by Crippen LogP contribution is 2.14. The number of hydrogen-bond acceptors (Lipinski definition) is 5. The molecule has 5 heteroatoms. The van der Waals surface area contributed by atoms with Gasteiger partial charge in [0.15, 0.2) is 0 Å². The van der Waals surface area contributed by atoms with Gasteiger partial charge in [-0.3, -0.25) is 4.84 Å². The van der Waals surface area contributed by atoms with E-state index in [1.54, 1.807) is 11.3 Å². The van der Waals surface area contributed by atoms with Crippen LogP contribution in [0.5, 0.6) is 0 Å². The summed E-state index contributed by atoms with van der Waals surface area (Å²) < 4.78 is 0. The average molecular weight is 187 g/mol. The zero-order chi connectivity index (χ0) is 8.97. The Labute approximate surface area is 75.9 Å². The van der Waals surface area contributed by atoms with Crippen molar-refractivity contribution in [2.24, 2.45) is 5.90 Å². The number of rotatable bonds is 4. The Morgan fingerprint density at radius 3 is 3.00 bits per heavy atom. The van der Waals surface area contributed by atoms with Crippen LogP contribution in [0.4, 0.5) is 0 Å². The highest BCUT2D eigenvalue weighted by molar-refractivity contribution is 7.11. The Kier molecular flexibility index (Phi) is 3.61. The molecule has 1 rings (SSSR count). The molecule has 0 aliphatic carbocycles. The van der Waals surface area contributed by atoms with E-state index in [0.717, 1.165) is 11.6 Å². The largest absolute Gasteiger partial charge is 0.304 e. The first-order chi connectivity index (χ1) is 5.72. The van der Waals surface area contributed by atoms with Crippen LogP contribution in [0.2, 0.25) is 0 Å². The van der Waals surface area contributed by atoms with E-state index in [9.17, 15) is 0 Å². The third-order valence-electron chi connectivity index (χ3n) is 1.28. The standard InChI is InChI=1S/C7H13N3OS/c1-10(2)4-6-3-9-7(12-6)5-11-8/h3H,4-5,8H2,1-2H3. The van der Waals surface area contributed by atoms with E-state index in [2.05, 4.69) is 14.7 Å². The van der Waals surface area contributed by atoms with Gasteiger partial charge in [-0.15, -0.1) is 11.3 Å². The lowest BCUT2D eigenvalue weighted by Gasteiger charge is -2.05. The van der Waals surface area contributed by atoms with Crippen LogP contribution in [-0.2, 0) is 18.0 Å². The molecule has 0 fully saturated rings. The van der Waals surface area contributed by atoms with Crippen molar-refractivity contribution >= 4 is 11.3 Å². The van der Waals surface area contributed by atoms with Crippen molar-refractivity contribution < 1.29 is 4.84 Å². The zero-order valence-electron chi connectivity index (χ0n) is 7.28. The van der Waals surface area contributed by atoms with Crippen molar-refractivity contribution in [2.75, 3.05) is 14.1 Å². The molecule has 0 aromatic carbocycles. The molecule has 4 nitrogen and oxygen atoms in total. The molecule has 1 aromatic heterocycles. The van der Waals surface area contributed by atoms with Crippen LogP contribution < -0.4 is 5.90 Å². The Balaban J connectivity index is 2.52. The minimum Gasteiger partial charge on any atom is -0.304 e. The summed E-state index contributed by atoms with van der Waals surface area (Å²) in [6, 6.07) is 0. The van der Waals surface area contributed by atoms with E-state index < -0.39 is 0 Å². The maximum absolute atomic E-state index is 4.93. The molecule has 1 heterocycles. The van der Waals surface area contributed by atoms with E-state index >= 15 is 0 Å². The fourth-order valence-electron chi connectivity index (χ4n) is 0.871. The summed E-state index contributed by atoms with van der Waals surface area (Å²) in [6.45, 7) is 1.32. The van der Waals surface area contributed by atoms with Gasteiger partial charge in [0, 0.05) is 17.6 Å². The van der Waals surface area contributed by atoms with Crippen molar-refractivity contribution in [3.05, 3.63) is 16.1 Å². The first-order valence-corrected chi connectivity index (χ1v) is 4.44. The summed E-state index contributed by atoms with van der Waals surface area (Å²) in [7, 11) is 4.05. The van der Waals surface area contributed by atoms with E-state index in [4.69, 9.17) is 5.90 Å². The molecule has 0 aliphatic rings. The normalized spacial score (nSPS) is 11.0. The molecule has 0 aliphatic heterocycles. The number of aromatic nitrogens is 1. The summed E-state index contributed by atoms with van der Waals surface area (Å²) in [5.74, 6) is 4.93. The molecule has 2 N–H and O–H groups in total. The lowest BCUT2D eigenvalue weighted by molar-refractivity contribution is 0.124. The van der Waals surface area contributed by atoms with Crippen LogP contribution in [0.3, 0.4) is 0 Å². The van der Waals surface area contributed by atoms with Crippen LogP contribution in [0.15, 0.2) is 6.20 Å². The summed E-state index contributed by atoms with van der Waals surface area (Å²) in [5.41, 5.74) is 0. The second kappa shape index (κ2) is 4.51. The summed E-state index contributed by atoms with van der Waals surface area (Å²) in [4.78, 5) is 12.0. The van der Waals surface area contributed by atoms with E-state index in [1.807, 2.05) is 20.3 Å². The highest BCUT2D eigenvalue weighted by Gasteiger charge is 2.01. The lowest BCUT2D eigenvalue weighted by atomic mass is 10.5. The average Bonchev–Trinajstić information content (AvgIpc) is 2.36. The van der Waals surface area contributed by atoms with Crippen molar-refractivity contribution in [3.63, 3.8) is 0 Å². The van der Waals surface area contributed by atoms with Gasteiger partial charge in [0.1, 0.15) is 11.6 Å². The number of thiazole rings is 1. The van der Waals surface area contributed by atoms with E-state index in [1.165, 1.54) is 4.88 Å². The van der Waals surface area contributed by atoms with Gasteiger partial charge in [-0.25, -0.2) is 10.9 Å². The van der Waals surface area contributed by atoms with Gasteiger partial charge in [0.05, 0.1) is 0 Å². The third-order valence-corrected chi connectivity index (χ3v) is 2.24. The predicted octanol–water partition coefficient (Wildman–Crippen LogP) is 0.595. The minimum absolute atomic E-state index is 0.401. The van der Waals surface area contributed by atoms with Gasteiger partial charge >= 0.3 is 0 Å². The molecule has 0 amide bonds. The fraction of sp³-hybridized carbons (Fsp3) is 0.571. The highest BCUT2D eigenvalue weighted by atomic mass is 32.1. The molecule has 0 saturated carbocycles. The summed E-state index contributed by atoms with van der Waals surface area (Å²) >= 11 is 1.63. The molecule has 0 radical (unpaired) electrons. The molecule has 0 spiro atoms. The molecule has 1 aromatic rings. The van der Waals surface area contributed by atoms with Gasteiger partial charge in [-0.2, -0.15) is 0 Å². The van der Waals surface area contributed by atoms with Gasteiger partial charge in [0.2, 0.25) is 0 Å².